The molecule has 2 heterocycles. The van der Waals surface area contributed by atoms with E-state index in [0.29, 0.717) is 22.8 Å². The van der Waals surface area contributed by atoms with Gasteiger partial charge in [0.1, 0.15) is 12.1 Å². The maximum absolute atomic E-state index is 10.8. The van der Waals surface area contributed by atoms with E-state index in [1.54, 1.807) is 13.0 Å². The fourth-order valence-corrected chi connectivity index (χ4v) is 1.71. The fourth-order valence-electron chi connectivity index (χ4n) is 1.71. The molecule has 0 aliphatic heterocycles. The summed E-state index contributed by atoms with van der Waals surface area (Å²) in [6.45, 7) is 1.90. The first kappa shape index (κ1) is 11.3. The van der Waals surface area contributed by atoms with Crippen LogP contribution in [0.1, 0.15) is 11.8 Å². The van der Waals surface area contributed by atoms with Crippen LogP contribution in [0.4, 0.5) is 5.69 Å². The molecule has 9 heteroatoms. The highest BCUT2D eigenvalue weighted by Gasteiger charge is 2.13. The Morgan fingerprint density at radius 3 is 2.89 bits per heavy atom. The Labute approximate surface area is 106 Å². The highest BCUT2D eigenvalue weighted by Crippen LogP contribution is 2.19. The van der Waals surface area contributed by atoms with Gasteiger partial charge in [-0.05, 0) is 6.07 Å². The lowest BCUT2D eigenvalue weighted by Crippen LogP contribution is -2.02. The van der Waals surface area contributed by atoms with Crippen LogP contribution in [0.15, 0.2) is 22.6 Å². The van der Waals surface area contributed by atoms with Gasteiger partial charge in [-0.15, -0.1) is 15.3 Å². The van der Waals surface area contributed by atoms with Gasteiger partial charge in [0.2, 0.25) is 11.8 Å². The van der Waals surface area contributed by atoms with E-state index in [1.807, 2.05) is 0 Å². The van der Waals surface area contributed by atoms with Crippen LogP contribution in [0.3, 0.4) is 0 Å². The zero-order chi connectivity index (χ0) is 13.4. The molecule has 96 valence electrons. The van der Waals surface area contributed by atoms with E-state index in [9.17, 15) is 10.1 Å². The third-order valence-corrected chi connectivity index (χ3v) is 2.56. The van der Waals surface area contributed by atoms with Gasteiger partial charge >= 0.3 is 0 Å². The standard InChI is InChI=1S/C10H8N6O3/c1-6-11-13-10(19-6)5-15-9-4-7(16(17)18)2-3-8(9)12-14-15/h2-4H,5H2,1H3. The number of aryl methyl sites for hydroxylation is 1. The second-order valence-electron chi connectivity index (χ2n) is 3.89. The van der Waals surface area contributed by atoms with Crippen LogP contribution in [0.25, 0.3) is 11.0 Å². The molecule has 3 aromatic rings. The molecular formula is C10H8N6O3. The normalized spacial score (nSPS) is 11.0. The van der Waals surface area contributed by atoms with Crippen LogP contribution in [0.5, 0.6) is 0 Å². The van der Waals surface area contributed by atoms with Crippen LogP contribution in [0, 0.1) is 17.0 Å². The molecule has 0 saturated heterocycles. The highest BCUT2D eigenvalue weighted by atomic mass is 16.6. The molecule has 0 unspecified atom stereocenters. The number of rotatable bonds is 3. The Bertz CT molecular complexity index is 762. The third kappa shape index (κ3) is 2.01. The zero-order valence-corrected chi connectivity index (χ0v) is 9.85. The third-order valence-electron chi connectivity index (χ3n) is 2.56. The molecule has 0 radical (unpaired) electrons. The molecule has 0 aliphatic carbocycles. The largest absolute Gasteiger partial charge is 0.424 e. The molecule has 0 fully saturated rings. The van der Waals surface area contributed by atoms with Crippen LogP contribution in [-0.2, 0) is 6.54 Å². The number of nitro groups is 1. The van der Waals surface area contributed by atoms with Gasteiger partial charge < -0.3 is 4.42 Å². The number of nitrogens with zero attached hydrogens (tertiary/aromatic N) is 6. The minimum absolute atomic E-state index is 0.0160. The first-order chi connectivity index (χ1) is 9.13. The smallest absolute Gasteiger partial charge is 0.271 e. The summed E-state index contributed by atoms with van der Waals surface area (Å²) in [6, 6.07) is 4.35. The van der Waals surface area contributed by atoms with Crippen molar-refractivity contribution in [3.05, 3.63) is 40.1 Å². The fraction of sp³-hybridized carbons (Fsp3) is 0.200. The van der Waals surface area contributed by atoms with Crippen LogP contribution >= 0.6 is 0 Å². The monoisotopic (exact) mass is 260 g/mol. The lowest BCUT2D eigenvalue weighted by Gasteiger charge is -1.97. The van der Waals surface area contributed by atoms with Gasteiger partial charge in [-0.2, -0.15) is 0 Å². The lowest BCUT2D eigenvalue weighted by atomic mass is 10.3. The number of hydrogen-bond acceptors (Lipinski definition) is 7. The molecule has 0 atom stereocenters. The number of benzene rings is 1. The van der Waals surface area contributed by atoms with Crippen LogP contribution < -0.4 is 0 Å². The molecule has 0 aliphatic rings. The predicted molar refractivity (Wildman–Crippen MR) is 62.3 cm³/mol. The first-order valence-corrected chi connectivity index (χ1v) is 5.40. The van der Waals surface area contributed by atoms with Crippen molar-refractivity contribution in [1.82, 2.24) is 25.2 Å². The summed E-state index contributed by atoms with van der Waals surface area (Å²) >= 11 is 0. The van der Waals surface area contributed by atoms with E-state index in [1.165, 1.54) is 16.8 Å². The molecule has 0 amide bonds. The van der Waals surface area contributed by atoms with Crippen molar-refractivity contribution in [2.24, 2.45) is 0 Å². The van der Waals surface area contributed by atoms with Gasteiger partial charge in [0.25, 0.3) is 5.69 Å². The molecule has 19 heavy (non-hydrogen) atoms. The summed E-state index contributed by atoms with van der Waals surface area (Å²) in [6.07, 6.45) is 0. The Hall–Kier alpha value is -2.84. The average Bonchev–Trinajstić information content (AvgIpc) is 2.96. The average molecular weight is 260 g/mol. The molecule has 9 nitrogen and oxygen atoms in total. The summed E-state index contributed by atoms with van der Waals surface area (Å²) in [5.41, 5.74) is 1.10. The highest BCUT2D eigenvalue weighted by molar-refractivity contribution is 5.77. The van der Waals surface area contributed by atoms with Crippen LogP contribution in [-0.4, -0.2) is 30.1 Å². The minimum Gasteiger partial charge on any atom is -0.424 e. The second kappa shape index (κ2) is 4.12. The maximum Gasteiger partial charge on any atom is 0.271 e. The van der Waals surface area contributed by atoms with Crippen LogP contribution in [0.2, 0.25) is 0 Å². The molecular weight excluding hydrogens is 252 g/mol. The zero-order valence-electron chi connectivity index (χ0n) is 9.85. The van der Waals surface area contributed by atoms with Gasteiger partial charge in [0, 0.05) is 19.1 Å². The summed E-state index contributed by atoms with van der Waals surface area (Å²) in [5, 5.41) is 26.1. The van der Waals surface area contributed by atoms with Gasteiger partial charge in [-0.3, -0.25) is 10.1 Å². The Morgan fingerprint density at radius 1 is 1.37 bits per heavy atom. The molecule has 0 N–H and O–H groups in total. The van der Waals surface area contributed by atoms with Crippen molar-refractivity contribution >= 4 is 16.7 Å². The quantitative estimate of drug-likeness (QED) is 0.511. The number of non-ortho nitro benzene ring substituents is 1. The Kier molecular flexibility index (Phi) is 2.44. The SMILES string of the molecule is Cc1nnc(Cn2nnc3ccc([N+](=O)[O-])cc32)o1. The molecule has 3 rings (SSSR count). The van der Waals surface area contributed by atoms with E-state index in [2.05, 4.69) is 20.5 Å². The molecule has 0 bridgehead atoms. The van der Waals surface area contributed by atoms with Crippen molar-refractivity contribution in [1.29, 1.82) is 0 Å². The number of hydrogen-bond donors (Lipinski definition) is 0. The summed E-state index contributed by atoms with van der Waals surface area (Å²) < 4.78 is 6.72. The Morgan fingerprint density at radius 2 is 2.21 bits per heavy atom. The first-order valence-electron chi connectivity index (χ1n) is 5.40. The van der Waals surface area contributed by atoms with Gasteiger partial charge in [-0.25, -0.2) is 4.68 Å². The predicted octanol–water partition coefficient (Wildman–Crippen LogP) is 1.08. The molecule has 0 spiro atoms. The molecule has 0 saturated carbocycles. The summed E-state index contributed by atoms with van der Waals surface area (Å²) in [7, 11) is 0. The minimum atomic E-state index is -0.465. The number of fused-ring (bicyclic) bond motifs is 1. The second-order valence-corrected chi connectivity index (χ2v) is 3.89. The number of aromatic nitrogens is 5. The maximum atomic E-state index is 10.8. The van der Waals surface area contributed by atoms with Crippen molar-refractivity contribution in [3.8, 4) is 0 Å². The molecule has 2 aromatic heterocycles. The van der Waals surface area contributed by atoms with Crippen molar-refractivity contribution in [2.45, 2.75) is 13.5 Å². The molecule has 1 aromatic carbocycles. The van der Waals surface area contributed by atoms with Crippen molar-refractivity contribution < 1.29 is 9.34 Å². The van der Waals surface area contributed by atoms with Crippen molar-refractivity contribution in [2.75, 3.05) is 0 Å². The summed E-state index contributed by atoms with van der Waals surface area (Å²) in [5.74, 6) is 0.821. The lowest BCUT2D eigenvalue weighted by molar-refractivity contribution is -0.384. The van der Waals surface area contributed by atoms with E-state index >= 15 is 0 Å². The van der Waals surface area contributed by atoms with E-state index < -0.39 is 4.92 Å². The van der Waals surface area contributed by atoms with E-state index in [4.69, 9.17) is 4.42 Å². The van der Waals surface area contributed by atoms with Gasteiger partial charge in [-0.1, -0.05) is 5.21 Å². The van der Waals surface area contributed by atoms with Crippen molar-refractivity contribution in [3.63, 3.8) is 0 Å². The van der Waals surface area contributed by atoms with E-state index in [-0.39, 0.29) is 12.2 Å². The topological polar surface area (TPSA) is 113 Å². The van der Waals surface area contributed by atoms with Gasteiger partial charge in [0.15, 0.2) is 0 Å². The van der Waals surface area contributed by atoms with Gasteiger partial charge in [0.05, 0.1) is 10.4 Å². The number of nitro benzene ring substituents is 1. The summed E-state index contributed by atoms with van der Waals surface area (Å²) in [4.78, 5) is 10.3. The van der Waals surface area contributed by atoms with E-state index in [0.717, 1.165) is 0 Å². The Balaban J connectivity index is 2.03.